The number of hydrogen-bond acceptors (Lipinski definition) is 3. The van der Waals surface area contributed by atoms with Crippen LogP contribution in [0.4, 0.5) is 0 Å². The lowest BCUT2D eigenvalue weighted by molar-refractivity contribution is 0.0452. The highest BCUT2D eigenvalue weighted by molar-refractivity contribution is 5.03. The Balaban J connectivity index is 2.61. The first-order valence-electron chi connectivity index (χ1n) is 4.99. The maximum atomic E-state index is 10.1. The van der Waals surface area contributed by atoms with E-state index in [1.54, 1.807) is 13.1 Å². The molecular weight excluding hydrogens is 178 g/mol. The Morgan fingerprint density at radius 2 is 2.36 bits per heavy atom. The molecule has 0 aliphatic rings. The fraction of sp³-hybridized carbons (Fsp3) is 0.700. The maximum absolute atomic E-state index is 10.1. The van der Waals surface area contributed by atoms with Crippen molar-refractivity contribution in [1.82, 2.24) is 14.9 Å². The number of rotatable bonds is 5. The van der Waals surface area contributed by atoms with Gasteiger partial charge in [-0.25, -0.2) is 4.98 Å². The molecule has 0 aromatic carbocycles. The molecule has 0 spiro atoms. The van der Waals surface area contributed by atoms with E-state index >= 15 is 0 Å². The summed E-state index contributed by atoms with van der Waals surface area (Å²) in [5, 5.41) is 13.3. The SMILES string of the molecule is CCCNCC(C)(O)c1nccn1C. The van der Waals surface area contributed by atoms with Crippen molar-refractivity contribution in [2.45, 2.75) is 25.9 Å². The van der Waals surface area contributed by atoms with Gasteiger partial charge in [-0.1, -0.05) is 6.92 Å². The van der Waals surface area contributed by atoms with Gasteiger partial charge in [-0.15, -0.1) is 0 Å². The molecule has 1 atom stereocenters. The molecule has 1 unspecified atom stereocenters. The zero-order valence-corrected chi connectivity index (χ0v) is 9.12. The first-order chi connectivity index (χ1) is 6.58. The third-order valence-electron chi connectivity index (χ3n) is 2.20. The van der Waals surface area contributed by atoms with Gasteiger partial charge < -0.3 is 15.0 Å². The van der Waals surface area contributed by atoms with Crippen LogP contribution in [0.15, 0.2) is 12.4 Å². The minimum absolute atomic E-state index is 0.533. The highest BCUT2D eigenvalue weighted by atomic mass is 16.3. The first kappa shape index (κ1) is 11.2. The molecule has 0 aliphatic heterocycles. The Labute approximate surface area is 85.0 Å². The molecule has 1 heterocycles. The average molecular weight is 197 g/mol. The molecule has 1 rings (SSSR count). The number of aliphatic hydroxyl groups is 1. The molecule has 0 saturated heterocycles. The molecule has 0 saturated carbocycles. The summed E-state index contributed by atoms with van der Waals surface area (Å²) in [5.41, 5.74) is -0.895. The van der Waals surface area contributed by atoms with Crippen molar-refractivity contribution in [2.24, 2.45) is 7.05 Å². The molecule has 0 amide bonds. The predicted molar refractivity (Wildman–Crippen MR) is 55.9 cm³/mol. The summed E-state index contributed by atoms with van der Waals surface area (Å²) in [6.07, 6.45) is 4.60. The van der Waals surface area contributed by atoms with E-state index in [0.717, 1.165) is 13.0 Å². The average Bonchev–Trinajstić information content (AvgIpc) is 2.52. The second kappa shape index (κ2) is 4.57. The van der Waals surface area contributed by atoms with E-state index in [1.165, 1.54) is 0 Å². The van der Waals surface area contributed by atoms with Crippen LogP contribution < -0.4 is 5.32 Å². The Kier molecular flexibility index (Phi) is 3.66. The molecule has 0 bridgehead atoms. The third kappa shape index (κ3) is 2.56. The van der Waals surface area contributed by atoms with Crippen LogP contribution in [0.1, 0.15) is 26.1 Å². The number of aromatic nitrogens is 2. The Bertz CT molecular complexity index is 281. The molecule has 0 aliphatic carbocycles. The van der Waals surface area contributed by atoms with Crippen LogP contribution >= 0.6 is 0 Å². The number of imidazole rings is 1. The van der Waals surface area contributed by atoms with Crippen LogP contribution in [0.3, 0.4) is 0 Å². The zero-order chi connectivity index (χ0) is 10.6. The van der Waals surface area contributed by atoms with Crippen LogP contribution in [-0.2, 0) is 12.6 Å². The van der Waals surface area contributed by atoms with Crippen LogP contribution in [0.5, 0.6) is 0 Å². The molecule has 2 N–H and O–H groups in total. The highest BCUT2D eigenvalue weighted by Gasteiger charge is 2.26. The van der Waals surface area contributed by atoms with Gasteiger partial charge in [0.2, 0.25) is 0 Å². The van der Waals surface area contributed by atoms with E-state index < -0.39 is 5.60 Å². The molecular formula is C10H19N3O. The van der Waals surface area contributed by atoms with Crippen LogP contribution in [0.25, 0.3) is 0 Å². The number of aryl methyl sites for hydroxylation is 1. The predicted octanol–water partition coefficient (Wildman–Crippen LogP) is 0.627. The summed E-state index contributed by atoms with van der Waals surface area (Å²) >= 11 is 0. The van der Waals surface area contributed by atoms with Gasteiger partial charge in [-0.2, -0.15) is 0 Å². The number of nitrogens with zero attached hydrogens (tertiary/aromatic N) is 2. The van der Waals surface area contributed by atoms with E-state index in [0.29, 0.717) is 12.4 Å². The van der Waals surface area contributed by atoms with Gasteiger partial charge in [0.15, 0.2) is 0 Å². The number of hydrogen-bond donors (Lipinski definition) is 2. The van der Waals surface area contributed by atoms with E-state index in [9.17, 15) is 5.11 Å². The van der Waals surface area contributed by atoms with Gasteiger partial charge in [0.1, 0.15) is 11.4 Å². The standard InChI is InChI=1S/C10H19N3O/c1-4-5-11-8-10(2,14)9-12-6-7-13(9)3/h6-7,11,14H,4-5,8H2,1-3H3. The lowest BCUT2D eigenvalue weighted by Crippen LogP contribution is -2.37. The fourth-order valence-electron chi connectivity index (χ4n) is 1.47. The van der Waals surface area contributed by atoms with Crippen molar-refractivity contribution in [3.05, 3.63) is 18.2 Å². The summed E-state index contributed by atoms with van der Waals surface area (Å²) in [5.74, 6) is 0.695. The van der Waals surface area contributed by atoms with Crippen molar-refractivity contribution < 1.29 is 5.11 Å². The first-order valence-corrected chi connectivity index (χ1v) is 4.99. The van der Waals surface area contributed by atoms with Gasteiger partial charge >= 0.3 is 0 Å². The Morgan fingerprint density at radius 1 is 1.64 bits per heavy atom. The summed E-state index contributed by atoms with van der Waals surface area (Å²) in [6.45, 7) is 5.33. The van der Waals surface area contributed by atoms with Gasteiger partial charge in [-0.05, 0) is 19.9 Å². The molecule has 4 heteroatoms. The number of nitrogens with one attached hydrogen (secondary N) is 1. The molecule has 80 valence electrons. The normalized spacial score (nSPS) is 15.4. The minimum atomic E-state index is -0.895. The van der Waals surface area contributed by atoms with Gasteiger partial charge in [0, 0.05) is 26.0 Å². The second-order valence-corrected chi connectivity index (χ2v) is 3.81. The molecule has 4 nitrogen and oxygen atoms in total. The van der Waals surface area contributed by atoms with Gasteiger partial charge in [-0.3, -0.25) is 0 Å². The third-order valence-corrected chi connectivity index (χ3v) is 2.20. The van der Waals surface area contributed by atoms with Crippen LogP contribution in [-0.4, -0.2) is 27.7 Å². The van der Waals surface area contributed by atoms with Crippen molar-refractivity contribution in [2.75, 3.05) is 13.1 Å². The van der Waals surface area contributed by atoms with E-state index in [2.05, 4.69) is 17.2 Å². The van der Waals surface area contributed by atoms with E-state index in [-0.39, 0.29) is 0 Å². The second-order valence-electron chi connectivity index (χ2n) is 3.81. The van der Waals surface area contributed by atoms with Crippen molar-refractivity contribution in [3.63, 3.8) is 0 Å². The molecule has 0 radical (unpaired) electrons. The summed E-state index contributed by atoms with van der Waals surface area (Å²) < 4.78 is 1.84. The fourth-order valence-corrected chi connectivity index (χ4v) is 1.47. The van der Waals surface area contributed by atoms with Gasteiger partial charge in [0.05, 0.1) is 0 Å². The van der Waals surface area contributed by atoms with E-state index in [4.69, 9.17) is 0 Å². The summed E-state index contributed by atoms with van der Waals surface area (Å²) in [4.78, 5) is 4.14. The molecule has 14 heavy (non-hydrogen) atoms. The lowest BCUT2D eigenvalue weighted by atomic mass is 10.1. The topological polar surface area (TPSA) is 50.1 Å². The molecule has 0 fully saturated rings. The molecule has 1 aromatic rings. The quantitative estimate of drug-likeness (QED) is 0.681. The van der Waals surface area contributed by atoms with Crippen molar-refractivity contribution in [3.8, 4) is 0 Å². The smallest absolute Gasteiger partial charge is 0.141 e. The maximum Gasteiger partial charge on any atom is 0.141 e. The Hall–Kier alpha value is -0.870. The van der Waals surface area contributed by atoms with Crippen LogP contribution in [0, 0.1) is 0 Å². The van der Waals surface area contributed by atoms with E-state index in [1.807, 2.05) is 17.8 Å². The summed E-state index contributed by atoms with van der Waals surface area (Å²) in [6, 6.07) is 0. The highest BCUT2D eigenvalue weighted by Crippen LogP contribution is 2.16. The van der Waals surface area contributed by atoms with Gasteiger partial charge in [0.25, 0.3) is 0 Å². The molecule has 1 aromatic heterocycles. The zero-order valence-electron chi connectivity index (χ0n) is 9.12. The van der Waals surface area contributed by atoms with Crippen LogP contribution in [0.2, 0.25) is 0 Å². The lowest BCUT2D eigenvalue weighted by Gasteiger charge is -2.23. The largest absolute Gasteiger partial charge is 0.381 e. The monoisotopic (exact) mass is 197 g/mol. The minimum Gasteiger partial charge on any atom is -0.381 e. The van der Waals surface area contributed by atoms with Crippen molar-refractivity contribution >= 4 is 0 Å². The summed E-state index contributed by atoms with van der Waals surface area (Å²) in [7, 11) is 1.89. The van der Waals surface area contributed by atoms with Crippen molar-refractivity contribution in [1.29, 1.82) is 0 Å². The Morgan fingerprint density at radius 3 is 2.86 bits per heavy atom.